The van der Waals surface area contributed by atoms with Crippen molar-refractivity contribution >= 4 is 11.9 Å². The zero-order valence-electron chi connectivity index (χ0n) is 8.83. The molecule has 0 aromatic heterocycles. The lowest BCUT2D eigenvalue weighted by molar-refractivity contribution is -0.200. The van der Waals surface area contributed by atoms with Crippen LogP contribution in [-0.4, -0.2) is 51.9 Å². The fourth-order valence-electron chi connectivity index (χ4n) is 1.87. The van der Waals surface area contributed by atoms with E-state index in [1.54, 1.807) is 0 Å². The van der Waals surface area contributed by atoms with Crippen molar-refractivity contribution in [1.82, 2.24) is 4.90 Å². The van der Waals surface area contributed by atoms with Gasteiger partial charge in [-0.2, -0.15) is 13.2 Å². The van der Waals surface area contributed by atoms with Crippen molar-refractivity contribution in [2.24, 2.45) is 0 Å². The van der Waals surface area contributed by atoms with E-state index in [1.165, 1.54) is 0 Å². The van der Waals surface area contributed by atoms with Crippen LogP contribution in [0.4, 0.5) is 13.2 Å². The van der Waals surface area contributed by atoms with Crippen LogP contribution in [0.15, 0.2) is 0 Å². The summed E-state index contributed by atoms with van der Waals surface area (Å²) in [6.07, 6.45) is -4.74. The first-order valence-electron chi connectivity index (χ1n) is 4.99. The highest BCUT2D eigenvalue weighted by molar-refractivity contribution is 5.90. The van der Waals surface area contributed by atoms with Crippen LogP contribution in [0, 0.1) is 0 Å². The van der Waals surface area contributed by atoms with Crippen molar-refractivity contribution in [3.8, 4) is 0 Å². The van der Waals surface area contributed by atoms with Crippen LogP contribution in [-0.2, 0) is 9.59 Å². The van der Waals surface area contributed by atoms with Crippen LogP contribution in [0.25, 0.3) is 0 Å². The Morgan fingerprint density at radius 3 is 2.06 bits per heavy atom. The topological polar surface area (TPSA) is 77.8 Å². The maximum atomic E-state index is 12.3. The number of aliphatic hydroxyl groups is 1. The van der Waals surface area contributed by atoms with Gasteiger partial charge in [0.05, 0.1) is 6.61 Å². The fraction of sp³-hybridized carbons (Fsp3) is 0.778. The summed E-state index contributed by atoms with van der Waals surface area (Å²) in [5, 5.41) is 17.6. The summed E-state index contributed by atoms with van der Waals surface area (Å²) in [5.74, 6) is -3.68. The summed E-state index contributed by atoms with van der Waals surface area (Å²) in [5.41, 5.74) is -1.81. The third kappa shape index (κ3) is 2.36. The first-order chi connectivity index (χ1) is 7.75. The van der Waals surface area contributed by atoms with Crippen LogP contribution in [0.5, 0.6) is 0 Å². The largest absolute Gasteiger partial charge is 0.479 e. The molecule has 0 bridgehead atoms. The van der Waals surface area contributed by atoms with E-state index in [4.69, 9.17) is 10.2 Å². The van der Waals surface area contributed by atoms with Crippen molar-refractivity contribution in [1.29, 1.82) is 0 Å². The van der Waals surface area contributed by atoms with E-state index < -0.39 is 36.7 Å². The van der Waals surface area contributed by atoms with Gasteiger partial charge < -0.3 is 15.1 Å². The lowest BCUT2D eigenvalue weighted by atomic mass is 9.75. The molecule has 1 amide bonds. The Morgan fingerprint density at radius 1 is 1.29 bits per heavy atom. The van der Waals surface area contributed by atoms with Gasteiger partial charge in [-0.15, -0.1) is 0 Å². The Labute approximate surface area is 94.8 Å². The fourth-order valence-corrected chi connectivity index (χ4v) is 1.87. The number of aliphatic hydroxyl groups excluding tert-OH is 1. The number of amides is 1. The molecule has 1 rings (SSSR count). The second-order valence-corrected chi connectivity index (χ2v) is 3.87. The summed E-state index contributed by atoms with van der Waals surface area (Å²) in [7, 11) is 0. The monoisotopic (exact) mass is 255 g/mol. The number of rotatable bonds is 4. The van der Waals surface area contributed by atoms with Gasteiger partial charge in [-0.05, 0) is 19.3 Å². The van der Waals surface area contributed by atoms with Crippen molar-refractivity contribution < 1.29 is 33.0 Å². The van der Waals surface area contributed by atoms with Crippen molar-refractivity contribution in [2.75, 3.05) is 13.2 Å². The summed E-state index contributed by atoms with van der Waals surface area (Å²) in [6.45, 7) is -1.35. The molecule has 0 saturated heterocycles. The molecule has 0 unspecified atom stereocenters. The predicted octanol–water partition coefficient (Wildman–Crippen LogP) is 0.377. The first-order valence-corrected chi connectivity index (χ1v) is 4.99. The van der Waals surface area contributed by atoms with Gasteiger partial charge in [-0.25, -0.2) is 4.79 Å². The predicted molar refractivity (Wildman–Crippen MR) is 49.1 cm³/mol. The number of hydrogen-bond acceptors (Lipinski definition) is 3. The maximum absolute atomic E-state index is 12.3. The normalized spacial score (nSPS) is 18.4. The number of hydrogen-bond donors (Lipinski definition) is 2. The number of nitrogens with zero attached hydrogens (tertiary/aromatic N) is 1. The SMILES string of the molecule is O=C(N(CCO)C1(C(=O)O)CCC1)C(F)(F)F. The molecule has 0 aliphatic heterocycles. The standard InChI is InChI=1S/C9H12F3NO4/c10-9(11,12)6(15)13(4-5-14)8(7(16)17)2-1-3-8/h14H,1-5H2,(H,16,17). The molecule has 1 saturated carbocycles. The molecule has 0 aromatic rings. The van der Waals surface area contributed by atoms with Crippen molar-refractivity contribution in [3.63, 3.8) is 0 Å². The minimum absolute atomic E-state index is 0.0237. The summed E-state index contributed by atoms with van der Waals surface area (Å²) in [4.78, 5) is 22.4. The molecule has 0 radical (unpaired) electrons. The van der Waals surface area contributed by atoms with Gasteiger partial charge in [0.25, 0.3) is 0 Å². The number of carbonyl (C=O) groups excluding carboxylic acids is 1. The molecular weight excluding hydrogens is 243 g/mol. The molecule has 98 valence electrons. The molecule has 8 heteroatoms. The van der Waals surface area contributed by atoms with Gasteiger partial charge in [0.15, 0.2) is 0 Å². The third-order valence-corrected chi connectivity index (χ3v) is 2.91. The van der Waals surface area contributed by atoms with E-state index in [0.717, 1.165) is 0 Å². The number of carboxylic acids is 1. The van der Waals surface area contributed by atoms with Gasteiger partial charge in [-0.3, -0.25) is 4.79 Å². The molecular formula is C9H12F3NO4. The highest BCUT2D eigenvalue weighted by Crippen LogP contribution is 2.39. The zero-order chi connectivity index (χ0) is 13.3. The van der Waals surface area contributed by atoms with Gasteiger partial charge >= 0.3 is 18.1 Å². The van der Waals surface area contributed by atoms with E-state index in [9.17, 15) is 22.8 Å². The molecule has 0 spiro atoms. The van der Waals surface area contributed by atoms with Crippen molar-refractivity contribution in [2.45, 2.75) is 31.0 Å². The molecule has 1 aliphatic rings. The number of carboxylic acid groups (broad SMARTS) is 1. The van der Waals surface area contributed by atoms with Crippen LogP contribution in [0.2, 0.25) is 0 Å². The average Bonchev–Trinajstić information content (AvgIpc) is 2.11. The molecule has 17 heavy (non-hydrogen) atoms. The molecule has 1 aliphatic carbocycles. The Balaban J connectivity index is 3.00. The van der Waals surface area contributed by atoms with Gasteiger partial charge in [0.1, 0.15) is 5.54 Å². The minimum Gasteiger partial charge on any atom is -0.479 e. The van der Waals surface area contributed by atoms with E-state index >= 15 is 0 Å². The van der Waals surface area contributed by atoms with Crippen LogP contribution < -0.4 is 0 Å². The van der Waals surface area contributed by atoms with E-state index in [0.29, 0.717) is 6.42 Å². The summed E-state index contributed by atoms with van der Waals surface area (Å²) < 4.78 is 36.9. The first kappa shape index (κ1) is 13.8. The van der Waals surface area contributed by atoms with E-state index in [2.05, 4.69) is 0 Å². The van der Waals surface area contributed by atoms with Gasteiger partial charge in [0, 0.05) is 6.54 Å². The van der Waals surface area contributed by atoms with Crippen molar-refractivity contribution in [3.05, 3.63) is 0 Å². The summed E-state index contributed by atoms with van der Waals surface area (Å²) >= 11 is 0. The minimum atomic E-state index is -5.13. The number of carbonyl (C=O) groups is 2. The number of aliphatic carboxylic acids is 1. The Hall–Kier alpha value is -1.31. The highest BCUT2D eigenvalue weighted by Gasteiger charge is 2.56. The molecule has 0 heterocycles. The van der Waals surface area contributed by atoms with E-state index in [-0.39, 0.29) is 17.7 Å². The maximum Gasteiger partial charge on any atom is 0.471 e. The molecule has 1 fully saturated rings. The molecule has 2 N–H and O–H groups in total. The van der Waals surface area contributed by atoms with Crippen LogP contribution >= 0.6 is 0 Å². The van der Waals surface area contributed by atoms with Crippen LogP contribution in [0.3, 0.4) is 0 Å². The Morgan fingerprint density at radius 2 is 1.82 bits per heavy atom. The number of alkyl halides is 3. The lowest BCUT2D eigenvalue weighted by Crippen LogP contribution is -2.64. The Kier molecular flexibility index (Phi) is 3.65. The van der Waals surface area contributed by atoms with Crippen LogP contribution in [0.1, 0.15) is 19.3 Å². The quantitative estimate of drug-likeness (QED) is 0.761. The number of halogens is 3. The zero-order valence-corrected chi connectivity index (χ0v) is 8.83. The van der Waals surface area contributed by atoms with Gasteiger partial charge in [-0.1, -0.05) is 0 Å². The summed E-state index contributed by atoms with van der Waals surface area (Å²) in [6, 6.07) is 0. The second kappa shape index (κ2) is 4.52. The van der Waals surface area contributed by atoms with E-state index in [1.807, 2.05) is 0 Å². The second-order valence-electron chi connectivity index (χ2n) is 3.87. The Bertz CT molecular complexity index is 325. The molecule has 0 atom stereocenters. The molecule has 0 aromatic carbocycles. The van der Waals surface area contributed by atoms with Gasteiger partial charge in [0.2, 0.25) is 0 Å². The highest BCUT2D eigenvalue weighted by atomic mass is 19.4. The lowest BCUT2D eigenvalue weighted by Gasteiger charge is -2.46. The number of β-amino-alcohol motifs (C(OH)–C–C–N with tert-alkyl or cyclic N) is 1. The molecule has 5 nitrogen and oxygen atoms in total. The smallest absolute Gasteiger partial charge is 0.471 e. The average molecular weight is 255 g/mol. The third-order valence-electron chi connectivity index (χ3n) is 2.91.